The molecular formula is C17H30N2O12. The van der Waals surface area contributed by atoms with Crippen molar-refractivity contribution in [2.24, 2.45) is 0 Å². The number of rotatable bonds is 7. The third-order valence-corrected chi connectivity index (χ3v) is 5.09. The second-order valence-electron chi connectivity index (χ2n) is 7.39. The van der Waals surface area contributed by atoms with Crippen molar-refractivity contribution >= 4 is 12.0 Å². The van der Waals surface area contributed by atoms with Crippen LogP contribution in [0.5, 0.6) is 0 Å². The van der Waals surface area contributed by atoms with Gasteiger partial charge in [0.05, 0.1) is 6.61 Å². The highest BCUT2D eigenvalue weighted by atomic mass is 16.6. The number of nitrogens with one attached hydrogen (secondary N) is 2. The van der Waals surface area contributed by atoms with Crippen molar-refractivity contribution in [2.75, 3.05) is 13.2 Å². The van der Waals surface area contributed by atoms with Crippen LogP contribution in [0.15, 0.2) is 0 Å². The Bertz CT molecular complexity index is 610. The van der Waals surface area contributed by atoms with Crippen LogP contribution in [-0.2, 0) is 19.0 Å². The van der Waals surface area contributed by atoms with Gasteiger partial charge in [-0.3, -0.25) is 4.79 Å². The molecule has 0 aromatic carbocycles. The molecule has 14 nitrogen and oxygen atoms in total. The molecule has 0 spiro atoms. The minimum Gasteiger partial charge on any atom is -0.447 e. The molecule has 0 saturated carbocycles. The van der Waals surface area contributed by atoms with E-state index < -0.39 is 86.5 Å². The summed E-state index contributed by atoms with van der Waals surface area (Å²) < 4.78 is 14.9. The Morgan fingerprint density at radius 1 is 0.839 bits per heavy atom. The van der Waals surface area contributed by atoms with E-state index in [2.05, 4.69) is 10.6 Å². The van der Waals surface area contributed by atoms with Crippen LogP contribution in [0.1, 0.15) is 19.8 Å². The SMILES string of the molecule is CCCC(=O)N[C@H]1C(O)O[C@H](COC(=O)N[C@H]2C(O)O[C@H](CO)[C@@H](O)[C@@H]2O)[C@@H](O)C1O. The second-order valence-corrected chi connectivity index (χ2v) is 7.39. The zero-order chi connectivity index (χ0) is 23.3. The molecule has 2 amide bonds. The predicted octanol–water partition coefficient (Wildman–Crippen LogP) is -4.76. The van der Waals surface area contributed by atoms with E-state index in [1.807, 2.05) is 0 Å². The fraction of sp³-hybridized carbons (Fsp3) is 0.882. The Morgan fingerprint density at radius 3 is 1.90 bits per heavy atom. The fourth-order valence-electron chi connectivity index (χ4n) is 3.31. The number of aliphatic hydroxyl groups excluding tert-OH is 7. The number of hydrogen-bond acceptors (Lipinski definition) is 12. The molecule has 0 radical (unpaired) electrons. The summed E-state index contributed by atoms with van der Waals surface area (Å²) in [4.78, 5) is 23.7. The number of hydrogen-bond donors (Lipinski definition) is 9. The van der Waals surface area contributed by atoms with Crippen LogP contribution >= 0.6 is 0 Å². The maximum Gasteiger partial charge on any atom is 0.407 e. The van der Waals surface area contributed by atoms with Crippen LogP contribution in [0.25, 0.3) is 0 Å². The average Bonchev–Trinajstić information content (AvgIpc) is 2.73. The molecule has 2 aliphatic heterocycles. The van der Waals surface area contributed by atoms with Crippen molar-refractivity contribution < 1.29 is 59.5 Å². The molecule has 0 aromatic rings. The number of alkyl carbamates (subject to hydrolysis) is 1. The monoisotopic (exact) mass is 454 g/mol. The number of amides is 2. The van der Waals surface area contributed by atoms with Gasteiger partial charge in [0, 0.05) is 6.42 Å². The molecular weight excluding hydrogens is 424 g/mol. The second kappa shape index (κ2) is 11.3. The van der Waals surface area contributed by atoms with E-state index in [1.165, 1.54) is 0 Å². The molecule has 0 aromatic heterocycles. The summed E-state index contributed by atoms with van der Waals surface area (Å²) >= 11 is 0. The van der Waals surface area contributed by atoms with Crippen LogP contribution in [0.4, 0.5) is 4.79 Å². The maximum atomic E-state index is 12.0. The van der Waals surface area contributed by atoms with E-state index in [1.54, 1.807) is 6.92 Å². The van der Waals surface area contributed by atoms with Gasteiger partial charge in [0.2, 0.25) is 5.91 Å². The van der Waals surface area contributed by atoms with Gasteiger partial charge in [-0.05, 0) is 6.42 Å². The Kier molecular flexibility index (Phi) is 9.35. The normalized spacial score (nSPS) is 40.8. The van der Waals surface area contributed by atoms with E-state index in [9.17, 15) is 40.2 Å². The van der Waals surface area contributed by atoms with Crippen LogP contribution in [0.3, 0.4) is 0 Å². The third kappa shape index (κ3) is 6.21. The molecule has 2 aliphatic rings. The first-order valence-electron chi connectivity index (χ1n) is 9.83. The number of carbonyl (C=O) groups is 2. The van der Waals surface area contributed by atoms with Gasteiger partial charge in [-0.15, -0.1) is 0 Å². The Balaban J connectivity index is 1.87. The van der Waals surface area contributed by atoms with Crippen molar-refractivity contribution in [2.45, 2.75) is 81.1 Å². The van der Waals surface area contributed by atoms with Crippen molar-refractivity contribution in [3.8, 4) is 0 Å². The van der Waals surface area contributed by atoms with Gasteiger partial charge in [-0.25, -0.2) is 4.79 Å². The van der Waals surface area contributed by atoms with Crippen LogP contribution < -0.4 is 10.6 Å². The molecule has 10 atom stereocenters. The lowest BCUT2D eigenvalue weighted by atomic mass is 9.97. The standard InChI is InChI=1S/C17H30N2O12/c1-2-3-8(21)18-9-13(24)12(23)7(31-15(9)26)5-29-17(28)19-10-14(25)11(22)6(4-20)30-16(10)27/h6-7,9-16,20,22-27H,2-5H2,1H3,(H,18,21)(H,19,28)/t6-,7-,9-,10-,11-,12-,13?,14-,15?,16?/m1/s1. The molecule has 3 unspecified atom stereocenters. The van der Waals surface area contributed by atoms with E-state index in [0.717, 1.165) is 0 Å². The van der Waals surface area contributed by atoms with Gasteiger partial charge in [0.25, 0.3) is 0 Å². The minimum absolute atomic E-state index is 0.148. The molecule has 2 saturated heterocycles. The van der Waals surface area contributed by atoms with E-state index in [0.29, 0.717) is 6.42 Å². The minimum atomic E-state index is -1.75. The first-order valence-corrected chi connectivity index (χ1v) is 9.83. The zero-order valence-corrected chi connectivity index (χ0v) is 16.8. The third-order valence-electron chi connectivity index (χ3n) is 5.09. The molecule has 2 fully saturated rings. The molecule has 2 rings (SSSR count). The highest BCUT2D eigenvalue weighted by molar-refractivity contribution is 5.76. The van der Waals surface area contributed by atoms with Crippen molar-refractivity contribution in [1.82, 2.24) is 10.6 Å². The highest BCUT2D eigenvalue weighted by Crippen LogP contribution is 2.22. The Labute approximate surface area is 177 Å². The average molecular weight is 454 g/mol. The Morgan fingerprint density at radius 2 is 1.35 bits per heavy atom. The zero-order valence-electron chi connectivity index (χ0n) is 16.8. The van der Waals surface area contributed by atoms with E-state index in [-0.39, 0.29) is 6.42 Å². The quantitative estimate of drug-likeness (QED) is 0.177. The smallest absolute Gasteiger partial charge is 0.407 e. The lowest BCUT2D eigenvalue weighted by molar-refractivity contribution is -0.256. The van der Waals surface area contributed by atoms with Crippen molar-refractivity contribution in [1.29, 1.82) is 0 Å². The predicted molar refractivity (Wildman–Crippen MR) is 98.0 cm³/mol. The molecule has 14 heteroatoms. The van der Waals surface area contributed by atoms with E-state index in [4.69, 9.17) is 19.3 Å². The van der Waals surface area contributed by atoms with E-state index >= 15 is 0 Å². The summed E-state index contributed by atoms with van der Waals surface area (Å²) in [5.74, 6) is -0.451. The number of carbonyl (C=O) groups excluding carboxylic acids is 2. The summed E-state index contributed by atoms with van der Waals surface area (Å²) in [5.41, 5.74) is 0. The molecule has 0 aliphatic carbocycles. The molecule has 0 bridgehead atoms. The summed E-state index contributed by atoms with van der Waals surface area (Å²) in [5, 5.41) is 73.5. The lowest BCUT2D eigenvalue weighted by Crippen LogP contribution is -2.65. The molecule has 31 heavy (non-hydrogen) atoms. The first kappa shape index (κ1) is 25.6. The summed E-state index contributed by atoms with van der Waals surface area (Å²) in [6.07, 6.45) is -13.1. The summed E-state index contributed by atoms with van der Waals surface area (Å²) in [7, 11) is 0. The summed E-state index contributed by atoms with van der Waals surface area (Å²) in [6.45, 7) is 0.451. The Hall–Kier alpha value is -1.62. The molecule has 9 N–H and O–H groups in total. The van der Waals surface area contributed by atoms with Gasteiger partial charge in [0.1, 0.15) is 55.3 Å². The lowest BCUT2D eigenvalue weighted by Gasteiger charge is -2.41. The molecule has 180 valence electrons. The van der Waals surface area contributed by atoms with Gasteiger partial charge >= 0.3 is 6.09 Å². The van der Waals surface area contributed by atoms with Gasteiger partial charge in [-0.1, -0.05) is 6.92 Å². The van der Waals surface area contributed by atoms with Crippen LogP contribution in [-0.4, -0.2) is 122 Å². The van der Waals surface area contributed by atoms with Crippen LogP contribution in [0, 0.1) is 0 Å². The maximum absolute atomic E-state index is 12.0. The van der Waals surface area contributed by atoms with Gasteiger partial charge in [-0.2, -0.15) is 0 Å². The largest absolute Gasteiger partial charge is 0.447 e. The van der Waals surface area contributed by atoms with Gasteiger partial charge in [0.15, 0.2) is 12.6 Å². The topological polar surface area (TPSA) is 227 Å². The highest BCUT2D eigenvalue weighted by Gasteiger charge is 2.46. The van der Waals surface area contributed by atoms with Crippen LogP contribution in [0.2, 0.25) is 0 Å². The molecule has 2 heterocycles. The number of aliphatic hydroxyl groups is 7. The number of ether oxygens (including phenoxy) is 3. The van der Waals surface area contributed by atoms with Crippen molar-refractivity contribution in [3.05, 3.63) is 0 Å². The van der Waals surface area contributed by atoms with Crippen molar-refractivity contribution in [3.63, 3.8) is 0 Å². The first-order chi connectivity index (χ1) is 14.6. The summed E-state index contributed by atoms with van der Waals surface area (Å²) in [6, 6.07) is -2.78. The fourth-order valence-corrected chi connectivity index (χ4v) is 3.31. The van der Waals surface area contributed by atoms with Gasteiger partial charge < -0.3 is 60.6 Å².